The van der Waals surface area contributed by atoms with Crippen molar-refractivity contribution >= 4 is 5.91 Å². The van der Waals surface area contributed by atoms with E-state index in [9.17, 15) is 18.0 Å². The first-order valence-electron chi connectivity index (χ1n) is 5.00. The maximum Gasteiger partial charge on any atom is 0.471 e. The number of halogens is 3. The summed E-state index contributed by atoms with van der Waals surface area (Å²) in [5.41, 5.74) is 0.399. The van der Waals surface area contributed by atoms with Crippen molar-refractivity contribution in [3.8, 4) is 0 Å². The van der Waals surface area contributed by atoms with Crippen molar-refractivity contribution in [3.05, 3.63) is 12.2 Å². The number of amides is 1. The van der Waals surface area contributed by atoms with Gasteiger partial charge in [0.05, 0.1) is 12.1 Å². The number of alkyl halides is 3. The zero-order chi connectivity index (χ0) is 13.2. The summed E-state index contributed by atoms with van der Waals surface area (Å²) in [6.07, 6.45) is -5.90. The molecule has 0 aromatic rings. The number of ether oxygens (including phenoxy) is 2. The number of hydrogen-bond donors (Lipinski definition) is 1. The van der Waals surface area contributed by atoms with E-state index in [4.69, 9.17) is 9.47 Å². The van der Waals surface area contributed by atoms with Crippen molar-refractivity contribution in [1.82, 2.24) is 5.32 Å². The lowest BCUT2D eigenvalue weighted by Crippen LogP contribution is -2.50. The second kappa shape index (κ2) is 5.05. The maximum atomic E-state index is 12.1. The number of carbonyl (C=O) groups is 1. The first-order chi connectivity index (χ1) is 7.75. The molecule has 0 aromatic carbocycles. The zero-order valence-electron chi connectivity index (χ0n) is 9.50. The molecule has 1 rings (SSSR count). The van der Waals surface area contributed by atoms with E-state index in [2.05, 4.69) is 6.58 Å². The lowest BCUT2D eigenvalue weighted by Gasteiger charge is -2.35. The van der Waals surface area contributed by atoms with Gasteiger partial charge in [0, 0.05) is 13.5 Å². The quantitative estimate of drug-likeness (QED) is 0.756. The highest BCUT2D eigenvalue weighted by molar-refractivity contribution is 5.82. The molecule has 1 amide bonds. The monoisotopic (exact) mass is 253 g/mol. The average molecular weight is 253 g/mol. The van der Waals surface area contributed by atoms with Gasteiger partial charge in [0.2, 0.25) is 0 Å². The standard InChI is InChI=1S/C10H14F3NO3/c1-5-6(2)17-8(16-3)4-7(5)14-9(15)10(11,12)13/h6-8H,1,4H2,2-3H3,(H,14,15). The molecule has 1 heterocycles. The smallest absolute Gasteiger partial charge is 0.356 e. The fourth-order valence-electron chi connectivity index (χ4n) is 1.54. The summed E-state index contributed by atoms with van der Waals surface area (Å²) in [5, 5.41) is 1.88. The average Bonchev–Trinajstić information content (AvgIpc) is 2.22. The normalized spacial score (nSPS) is 30.2. The van der Waals surface area contributed by atoms with Crippen LogP contribution in [-0.2, 0) is 14.3 Å². The van der Waals surface area contributed by atoms with Crippen molar-refractivity contribution in [2.45, 2.75) is 38.0 Å². The van der Waals surface area contributed by atoms with Crippen molar-refractivity contribution in [3.63, 3.8) is 0 Å². The first-order valence-corrected chi connectivity index (χ1v) is 5.00. The minimum atomic E-state index is -4.90. The van der Waals surface area contributed by atoms with Gasteiger partial charge in [-0.25, -0.2) is 0 Å². The van der Waals surface area contributed by atoms with E-state index in [-0.39, 0.29) is 6.42 Å². The Hall–Kier alpha value is -1.08. The van der Waals surface area contributed by atoms with Crippen LogP contribution in [0.3, 0.4) is 0 Å². The van der Waals surface area contributed by atoms with Crippen LogP contribution in [0.15, 0.2) is 12.2 Å². The molecule has 1 fully saturated rings. The van der Waals surface area contributed by atoms with Gasteiger partial charge < -0.3 is 14.8 Å². The van der Waals surface area contributed by atoms with Gasteiger partial charge in [0.25, 0.3) is 0 Å². The number of methoxy groups -OCH3 is 1. The predicted molar refractivity (Wildman–Crippen MR) is 53.1 cm³/mol. The summed E-state index contributed by atoms with van der Waals surface area (Å²) < 4.78 is 46.5. The number of nitrogens with one attached hydrogen (secondary N) is 1. The Morgan fingerprint density at radius 1 is 1.59 bits per heavy atom. The summed E-state index contributed by atoms with van der Waals surface area (Å²) in [4.78, 5) is 10.8. The van der Waals surface area contributed by atoms with Gasteiger partial charge in [0.15, 0.2) is 6.29 Å². The molecule has 1 saturated heterocycles. The van der Waals surface area contributed by atoms with Gasteiger partial charge in [-0.1, -0.05) is 6.58 Å². The molecule has 0 saturated carbocycles. The highest BCUT2D eigenvalue weighted by Gasteiger charge is 2.41. The number of hydrogen-bond acceptors (Lipinski definition) is 3. The summed E-state index contributed by atoms with van der Waals surface area (Å²) in [7, 11) is 1.38. The van der Waals surface area contributed by atoms with E-state index in [0.29, 0.717) is 5.57 Å². The van der Waals surface area contributed by atoms with Crippen LogP contribution in [0.1, 0.15) is 13.3 Å². The lowest BCUT2D eigenvalue weighted by atomic mass is 9.97. The van der Waals surface area contributed by atoms with Gasteiger partial charge in [-0.3, -0.25) is 4.79 Å². The zero-order valence-corrected chi connectivity index (χ0v) is 9.50. The van der Waals surface area contributed by atoms with E-state index < -0.39 is 30.5 Å². The molecule has 0 spiro atoms. The van der Waals surface area contributed by atoms with E-state index in [1.54, 1.807) is 6.92 Å². The Morgan fingerprint density at radius 2 is 2.18 bits per heavy atom. The third-order valence-corrected chi connectivity index (χ3v) is 2.58. The van der Waals surface area contributed by atoms with E-state index in [1.807, 2.05) is 5.32 Å². The molecule has 0 aromatic heterocycles. The topological polar surface area (TPSA) is 47.6 Å². The molecule has 7 heteroatoms. The molecular formula is C10H14F3NO3. The molecule has 0 aliphatic carbocycles. The van der Waals surface area contributed by atoms with Crippen LogP contribution in [0, 0.1) is 0 Å². The van der Waals surface area contributed by atoms with E-state index >= 15 is 0 Å². The Balaban J connectivity index is 2.68. The van der Waals surface area contributed by atoms with Gasteiger partial charge >= 0.3 is 12.1 Å². The van der Waals surface area contributed by atoms with Crippen molar-refractivity contribution in [2.75, 3.05) is 7.11 Å². The molecule has 1 aliphatic heterocycles. The second-order valence-corrected chi connectivity index (χ2v) is 3.78. The van der Waals surface area contributed by atoms with Crippen LogP contribution in [-0.4, -0.2) is 37.6 Å². The maximum absolute atomic E-state index is 12.1. The Kier molecular flexibility index (Phi) is 4.16. The summed E-state index contributed by atoms with van der Waals surface area (Å²) in [6, 6.07) is -0.794. The third-order valence-electron chi connectivity index (χ3n) is 2.58. The molecular weight excluding hydrogens is 239 g/mol. The van der Waals surface area contributed by atoms with Crippen LogP contribution in [0.2, 0.25) is 0 Å². The molecule has 1 N–H and O–H groups in total. The van der Waals surface area contributed by atoms with Crippen molar-refractivity contribution in [2.24, 2.45) is 0 Å². The SMILES string of the molecule is C=C1C(NC(=O)C(F)(F)F)CC(OC)OC1C. The number of rotatable bonds is 2. The van der Waals surface area contributed by atoms with E-state index in [1.165, 1.54) is 7.11 Å². The van der Waals surface area contributed by atoms with E-state index in [0.717, 1.165) is 0 Å². The van der Waals surface area contributed by atoms with Crippen LogP contribution in [0.5, 0.6) is 0 Å². The highest BCUT2D eigenvalue weighted by Crippen LogP contribution is 2.25. The second-order valence-electron chi connectivity index (χ2n) is 3.78. The summed E-state index contributed by atoms with van der Waals surface area (Å²) in [5.74, 6) is -1.98. The van der Waals surface area contributed by atoms with Crippen LogP contribution in [0.4, 0.5) is 13.2 Å². The fourth-order valence-corrected chi connectivity index (χ4v) is 1.54. The van der Waals surface area contributed by atoms with Crippen LogP contribution < -0.4 is 5.32 Å². The minimum absolute atomic E-state index is 0.113. The fraction of sp³-hybridized carbons (Fsp3) is 0.700. The van der Waals surface area contributed by atoms with Crippen molar-refractivity contribution < 1.29 is 27.4 Å². The number of carbonyl (C=O) groups excluding carboxylic acids is 1. The largest absolute Gasteiger partial charge is 0.471 e. The Labute approximate surface area is 96.8 Å². The molecule has 1 aliphatic rings. The van der Waals surface area contributed by atoms with Crippen LogP contribution >= 0.6 is 0 Å². The van der Waals surface area contributed by atoms with Crippen LogP contribution in [0.25, 0.3) is 0 Å². The predicted octanol–water partition coefficient (Wildman–Crippen LogP) is 1.37. The minimum Gasteiger partial charge on any atom is -0.356 e. The molecule has 0 radical (unpaired) electrons. The lowest BCUT2D eigenvalue weighted by molar-refractivity contribution is -0.180. The molecule has 98 valence electrons. The summed E-state index contributed by atoms with van der Waals surface area (Å²) in [6.45, 7) is 5.26. The molecule has 3 unspecified atom stereocenters. The van der Waals surface area contributed by atoms with Gasteiger partial charge in [-0.15, -0.1) is 0 Å². The molecule has 3 atom stereocenters. The van der Waals surface area contributed by atoms with Crippen molar-refractivity contribution in [1.29, 1.82) is 0 Å². The molecule has 0 bridgehead atoms. The molecule has 4 nitrogen and oxygen atoms in total. The Morgan fingerprint density at radius 3 is 2.65 bits per heavy atom. The molecule has 17 heavy (non-hydrogen) atoms. The first kappa shape index (κ1) is 14.0. The highest BCUT2D eigenvalue weighted by atomic mass is 19.4. The summed E-state index contributed by atoms with van der Waals surface area (Å²) >= 11 is 0. The Bertz CT molecular complexity index is 316. The van der Waals surface area contributed by atoms with Gasteiger partial charge in [-0.05, 0) is 12.5 Å². The third kappa shape index (κ3) is 3.44. The van der Waals surface area contributed by atoms with Gasteiger partial charge in [-0.2, -0.15) is 13.2 Å². The van der Waals surface area contributed by atoms with Gasteiger partial charge in [0.1, 0.15) is 0 Å².